The molecule has 1 aromatic carbocycles. The maximum atomic E-state index is 13.0. The highest BCUT2D eigenvalue weighted by Crippen LogP contribution is 2.52. The highest BCUT2D eigenvalue weighted by molar-refractivity contribution is 5.91. The van der Waals surface area contributed by atoms with Crippen LogP contribution in [0.5, 0.6) is 0 Å². The quantitative estimate of drug-likeness (QED) is 0.586. The fourth-order valence-electron chi connectivity index (χ4n) is 4.24. The third-order valence-corrected chi connectivity index (χ3v) is 5.41. The molecule has 2 fully saturated rings. The van der Waals surface area contributed by atoms with Gasteiger partial charge in [0.05, 0.1) is 25.2 Å². The molecule has 0 N–H and O–H groups in total. The van der Waals surface area contributed by atoms with Crippen molar-refractivity contribution in [3.05, 3.63) is 48.0 Å². The molecule has 0 unspecified atom stereocenters. The summed E-state index contributed by atoms with van der Waals surface area (Å²) in [6.07, 6.45) is 5.14. The normalized spacial score (nSPS) is 32.3. The molecular weight excluding hydrogens is 318 g/mol. The van der Waals surface area contributed by atoms with E-state index in [1.807, 2.05) is 42.2 Å². The molecule has 5 nitrogen and oxygen atoms in total. The maximum Gasteiger partial charge on any atom is 0.312 e. The van der Waals surface area contributed by atoms with Crippen LogP contribution in [0.2, 0.25) is 0 Å². The zero-order valence-corrected chi connectivity index (χ0v) is 14.4. The number of likely N-dealkylation sites (tertiary alicyclic amines) is 1. The smallest absolute Gasteiger partial charge is 0.312 e. The van der Waals surface area contributed by atoms with E-state index in [2.05, 4.69) is 12.1 Å². The van der Waals surface area contributed by atoms with E-state index in [4.69, 9.17) is 9.47 Å². The second kappa shape index (κ2) is 6.30. The van der Waals surface area contributed by atoms with Crippen LogP contribution in [0.3, 0.4) is 0 Å². The van der Waals surface area contributed by atoms with Crippen LogP contribution in [0, 0.1) is 11.8 Å². The van der Waals surface area contributed by atoms with Crippen molar-refractivity contribution in [1.29, 1.82) is 0 Å². The molecule has 0 saturated carbocycles. The van der Waals surface area contributed by atoms with E-state index in [-0.39, 0.29) is 18.0 Å². The molecule has 1 aromatic rings. The first kappa shape index (κ1) is 16.3. The number of esters is 1. The fourth-order valence-corrected chi connectivity index (χ4v) is 4.24. The maximum absolute atomic E-state index is 13.0. The van der Waals surface area contributed by atoms with E-state index < -0.39 is 17.4 Å². The summed E-state index contributed by atoms with van der Waals surface area (Å²) >= 11 is 0. The SMILES string of the molecule is CCCOC(=O)[C@H]1[C@H]2C=C[C@@]3(CN(CCc4ccccc4)C(=O)[C@@H]13)O2. The first-order valence-corrected chi connectivity index (χ1v) is 9.01. The van der Waals surface area contributed by atoms with Gasteiger partial charge in [0.1, 0.15) is 11.5 Å². The third-order valence-electron chi connectivity index (χ3n) is 5.41. The Balaban J connectivity index is 1.48. The summed E-state index contributed by atoms with van der Waals surface area (Å²) in [6, 6.07) is 10.1. The summed E-state index contributed by atoms with van der Waals surface area (Å²) in [6.45, 7) is 3.50. The molecule has 3 aliphatic heterocycles. The van der Waals surface area contributed by atoms with Crippen molar-refractivity contribution in [2.75, 3.05) is 19.7 Å². The van der Waals surface area contributed by atoms with Crippen LogP contribution in [0.4, 0.5) is 0 Å². The Morgan fingerprint density at radius 1 is 1.36 bits per heavy atom. The number of nitrogens with zero attached hydrogens (tertiary/aromatic N) is 1. The van der Waals surface area contributed by atoms with Gasteiger partial charge < -0.3 is 14.4 Å². The van der Waals surface area contributed by atoms with Crippen molar-refractivity contribution in [3.8, 4) is 0 Å². The summed E-state index contributed by atoms with van der Waals surface area (Å²) in [5.41, 5.74) is 0.554. The number of hydrogen-bond donors (Lipinski definition) is 0. The van der Waals surface area contributed by atoms with Crippen LogP contribution in [-0.2, 0) is 25.5 Å². The molecule has 2 saturated heterocycles. The van der Waals surface area contributed by atoms with E-state index in [0.717, 1.165) is 12.8 Å². The Morgan fingerprint density at radius 2 is 2.16 bits per heavy atom. The summed E-state index contributed by atoms with van der Waals surface area (Å²) in [7, 11) is 0. The molecule has 0 aromatic heterocycles. The number of carbonyl (C=O) groups excluding carboxylic acids is 2. The lowest BCUT2D eigenvalue weighted by Crippen LogP contribution is -2.40. The molecule has 2 bridgehead atoms. The Kier molecular flexibility index (Phi) is 4.12. The molecule has 1 spiro atoms. The molecule has 4 atom stereocenters. The predicted molar refractivity (Wildman–Crippen MR) is 91.7 cm³/mol. The number of benzene rings is 1. The molecule has 5 heteroatoms. The molecule has 0 aliphatic carbocycles. The minimum absolute atomic E-state index is 0.0150. The lowest BCUT2D eigenvalue weighted by atomic mass is 9.77. The second-order valence-electron chi connectivity index (χ2n) is 7.06. The van der Waals surface area contributed by atoms with Gasteiger partial charge in [-0.2, -0.15) is 0 Å². The van der Waals surface area contributed by atoms with Gasteiger partial charge in [0.25, 0.3) is 0 Å². The van der Waals surface area contributed by atoms with Crippen molar-refractivity contribution in [3.63, 3.8) is 0 Å². The molecule has 132 valence electrons. The molecule has 3 aliphatic rings. The molecule has 1 amide bonds. The zero-order chi connectivity index (χ0) is 17.4. The van der Waals surface area contributed by atoms with Gasteiger partial charge in [0, 0.05) is 6.54 Å². The first-order valence-electron chi connectivity index (χ1n) is 9.01. The average Bonchev–Trinajstić information content (AvgIpc) is 3.27. The van der Waals surface area contributed by atoms with Gasteiger partial charge in [-0.1, -0.05) is 49.4 Å². The van der Waals surface area contributed by atoms with E-state index in [0.29, 0.717) is 19.7 Å². The third kappa shape index (κ3) is 2.67. The predicted octanol–water partition coefficient (Wildman–Crippen LogP) is 1.96. The number of ether oxygens (including phenoxy) is 2. The van der Waals surface area contributed by atoms with Crippen molar-refractivity contribution in [1.82, 2.24) is 4.90 Å². The topological polar surface area (TPSA) is 55.8 Å². The molecular formula is C20H23NO4. The van der Waals surface area contributed by atoms with Gasteiger partial charge in [0.15, 0.2) is 0 Å². The Hall–Kier alpha value is -2.14. The summed E-state index contributed by atoms with van der Waals surface area (Å²) in [4.78, 5) is 27.3. The average molecular weight is 341 g/mol. The summed E-state index contributed by atoms with van der Waals surface area (Å²) < 4.78 is 11.4. The lowest BCUT2D eigenvalue weighted by molar-refractivity contribution is -0.153. The zero-order valence-electron chi connectivity index (χ0n) is 14.4. The highest BCUT2D eigenvalue weighted by atomic mass is 16.6. The van der Waals surface area contributed by atoms with Crippen molar-refractivity contribution in [2.24, 2.45) is 11.8 Å². The van der Waals surface area contributed by atoms with Crippen LogP contribution in [-0.4, -0.2) is 48.2 Å². The number of carbonyl (C=O) groups is 2. The minimum Gasteiger partial charge on any atom is -0.465 e. The number of rotatable bonds is 6. The van der Waals surface area contributed by atoms with Crippen LogP contribution in [0.15, 0.2) is 42.5 Å². The first-order chi connectivity index (χ1) is 12.1. The van der Waals surface area contributed by atoms with Crippen LogP contribution in [0.25, 0.3) is 0 Å². The Bertz CT molecular complexity index is 701. The van der Waals surface area contributed by atoms with Gasteiger partial charge in [-0.15, -0.1) is 0 Å². The summed E-state index contributed by atoms with van der Waals surface area (Å²) in [5, 5.41) is 0. The van der Waals surface area contributed by atoms with Gasteiger partial charge in [-0.25, -0.2) is 0 Å². The Labute approximate surface area is 147 Å². The van der Waals surface area contributed by atoms with Crippen molar-refractivity contribution < 1.29 is 19.1 Å². The van der Waals surface area contributed by atoms with E-state index >= 15 is 0 Å². The van der Waals surface area contributed by atoms with Crippen molar-refractivity contribution in [2.45, 2.75) is 31.5 Å². The molecule has 4 rings (SSSR count). The Morgan fingerprint density at radius 3 is 2.92 bits per heavy atom. The highest BCUT2D eigenvalue weighted by Gasteiger charge is 2.67. The lowest BCUT2D eigenvalue weighted by Gasteiger charge is -2.22. The second-order valence-corrected chi connectivity index (χ2v) is 7.06. The summed E-state index contributed by atoms with van der Waals surface area (Å²) in [5.74, 6) is -1.24. The van der Waals surface area contributed by atoms with Crippen LogP contribution in [0.1, 0.15) is 18.9 Å². The monoisotopic (exact) mass is 341 g/mol. The van der Waals surface area contributed by atoms with E-state index in [1.165, 1.54) is 5.56 Å². The van der Waals surface area contributed by atoms with Gasteiger partial charge >= 0.3 is 5.97 Å². The van der Waals surface area contributed by atoms with Crippen LogP contribution >= 0.6 is 0 Å². The van der Waals surface area contributed by atoms with Crippen molar-refractivity contribution >= 4 is 11.9 Å². The number of hydrogen-bond acceptors (Lipinski definition) is 4. The van der Waals surface area contributed by atoms with E-state index in [9.17, 15) is 9.59 Å². The van der Waals surface area contributed by atoms with Gasteiger partial charge in [-0.05, 0) is 18.4 Å². The number of fused-ring (bicyclic) bond motifs is 1. The molecule has 0 radical (unpaired) electrons. The molecule has 25 heavy (non-hydrogen) atoms. The molecule has 3 heterocycles. The largest absolute Gasteiger partial charge is 0.465 e. The van der Waals surface area contributed by atoms with Crippen LogP contribution < -0.4 is 0 Å². The fraction of sp³-hybridized carbons (Fsp3) is 0.500. The standard InChI is InChI=1S/C20H23NO4/c1-2-12-24-19(23)16-15-8-10-20(25-15)13-21(18(22)17(16)20)11-9-14-6-4-3-5-7-14/h3-8,10,15-17H,2,9,11-13H2,1H3/t15-,16+,17-,20+/m1/s1. The minimum atomic E-state index is -0.645. The van der Waals surface area contributed by atoms with E-state index in [1.54, 1.807) is 0 Å². The van der Waals surface area contributed by atoms with Gasteiger partial charge in [0.2, 0.25) is 5.91 Å². The van der Waals surface area contributed by atoms with Gasteiger partial charge in [-0.3, -0.25) is 9.59 Å². The number of amides is 1.